The molecule has 5 nitrogen and oxygen atoms in total. The molecule has 1 atom stereocenters. The highest BCUT2D eigenvalue weighted by atomic mass is 16.6. The van der Waals surface area contributed by atoms with Gasteiger partial charge in [0.2, 0.25) is 0 Å². The molecule has 0 aromatic heterocycles. The maximum absolute atomic E-state index is 11.9. The number of aliphatic hydroxyl groups excluding tert-OH is 1. The molecule has 0 saturated carbocycles. The Morgan fingerprint density at radius 3 is 0.951 bits per heavy atom. The SMILES string of the molecule is CC(C)CCCCCCCCCCCCCCCC(=O)OC[C@H](O)COC(=O)CCCCCCCCCCC(C)C. The first-order valence-electron chi connectivity index (χ1n) is 17.8. The summed E-state index contributed by atoms with van der Waals surface area (Å²) in [6.45, 7) is 8.96. The molecule has 0 unspecified atom stereocenters. The number of carbonyl (C=O) groups excluding carboxylic acids is 2. The van der Waals surface area contributed by atoms with Crippen LogP contribution in [-0.2, 0) is 19.1 Å². The molecule has 0 bridgehead atoms. The normalized spacial score (nSPS) is 12.3. The van der Waals surface area contributed by atoms with Crippen molar-refractivity contribution in [1.82, 2.24) is 0 Å². The largest absolute Gasteiger partial charge is 0.463 e. The maximum atomic E-state index is 11.9. The molecule has 0 heterocycles. The summed E-state index contributed by atoms with van der Waals surface area (Å²) in [7, 11) is 0. The molecule has 0 spiro atoms. The third kappa shape index (κ3) is 33.3. The lowest BCUT2D eigenvalue weighted by Gasteiger charge is -2.12. The Balaban J connectivity index is 3.40. The zero-order chi connectivity index (χ0) is 30.4. The molecular formula is C36H70O5. The molecule has 0 radical (unpaired) electrons. The summed E-state index contributed by atoms with van der Waals surface area (Å²) < 4.78 is 10.3. The number of esters is 2. The fourth-order valence-corrected chi connectivity index (χ4v) is 5.22. The van der Waals surface area contributed by atoms with Crippen LogP contribution >= 0.6 is 0 Å². The lowest BCUT2D eigenvalue weighted by Crippen LogP contribution is -2.25. The van der Waals surface area contributed by atoms with Gasteiger partial charge in [0.05, 0.1) is 0 Å². The number of rotatable bonds is 31. The molecule has 244 valence electrons. The van der Waals surface area contributed by atoms with E-state index in [9.17, 15) is 14.7 Å². The average Bonchev–Trinajstić information content (AvgIpc) is 2.93. The second kappa shape index (κ2) is 30.4. The van der Waals surface area contributed by atoms with Crippen molar-refractivity contribution in [3.05, 3.63) is 0 Å². The predicted octanol–water partition coefficient (Wildman–Crippen LogP) is 10.5. The molecule has 0 aliphatic carbocycles. The van der Waals surface area contributed by atoms with Crippen LogP contribution in [0.4, 0.5) is 0 Å². The zero-order valence-electron chi connectivity index (χ0n) is 27.9. The average molecular weight is 583 g/mol. The molecule has 0 aliphatic rings. The summed E-state index contributed by atoms with van der Waals surface area (Å²) in [5, 5.41) is 9.97. The summed E-state index contributed by atoms with van der Waals surface area (Å²) in [5.41, 5.74) is 0. The molecule has 41 heavy (non-hydrogen) atoms. The van der Waals surface area contributed by atoms with Gasteiger partial charge in [-0.05, 0) is 24.7 Å². The van der Waals surface area contributed by atoms with Gasteiger partial charge in [-0.3, -0.25) is 9.59 Å². The maximum Gasteiger partial charge on any atom is 0.305 e. The van der Waals surface area contributed by atoms with Gasteiger partial charge in [-0.15, -0.1) is 0 Å². The first-order valence-corrected chi connectivity index (χ1v) is 17.8. The molecule has 0 aromatic carbocycles. The molecule has 0 fully saturated rings. The van der Waals surface area contributed by atoms with Gasteiger partial charge in [0, 0.05) is 12.8 Å². The van der Waals surface area contributed by atoms with Crippen molar-refractivity contribution in [3.63, 3.8) is 0 Å². The fourth-order valence-electron chi connectivity index (χ4n) is 5.22. The topological polar surface area (TPSA) is 72.8 Å². The summed E-state index contributed by atoms with van der Waals surface area (Å²) in [6.07, 6.45) is 28.7. The summed E-state index contributed by atoms with van der Waals surface area (Å²) >= 11 is 0. The van der Waals surface area contributed by atoms with Crippen LogP contribution in [0.5, 0.6) is 0 Å². The number of carbonyl (C=O) groups is 2. The highest BCUT2D eigenvalue weighted by molar-refractivity contribution is 5.69. The van der Waals surface area contributed by atoms with E-state index in [1.807, 2.05) is 0 Å². The first kappa shape index (κ1) is 39.9. The highest BCUT2D eigenvalue weighted by Crippen LogP contribution is 2.15. The van der Waals surface area contributed by atoms with E-state index in [4.69, 9.17) is 9.47 Å². The lowest BCUT2D eigenvalue weighted by molar-refractivity contribution is -0.152. The van der Waals surface area contributed by atoms with Gasteiger partial charge in [0.1, 0.15) is 19.3 Å². The van der Waals surface area contributed by atoms with Crippen LogP contribution in [0.3, 0.4) is 0 Å². The third-order valence-corrected chi connectivity index (χ3v) is 7.95. The monoisotopic (exact) mass is 583 g/mol. The standard InChI is InChI=1S/C36H70O5/c1-32(2)26-22-18-14-10-8-6-5-7-9-11-16-20-24-28-35(38)40-30-34(37)31-41-36(39)29-25-21-17-13-12-15-19-23-27-33(3)4/h32-34,37H,5-31H2,1-4H3/t34-/m0/s1. The lowest BCUT2D eigenvalue weighted by atomic mass is 10.0. The Hall–Kier alpha value is -1.10. The van der Waals surface area contributed by atoms with Crippen molar-refractivity contribution in [3.8, 4) is 0 Å². The van der Waals surface area contributed by atoms with Crippen molar-refractivity contribution in [2.24, 2.45) is 11.8 Å². The smallest absolute Gasteiger partial charge is 0.305 e. The molecule has 0 saturated heterocycles. The van der Waals surface area contributed by atoms with E-state index in [0.717, 1.165) is 43.9 Å². The Bertz CT molecular complexity index is 574. The second-order valence-corrected chi connectivity index (χ2v) is 13.3. The van der Waals surface area contributed by atoms with Crippen molar-refractivity contribution in [2.45, 2.75) is 194 Å². The van der Waals surface area contributed by atoms with E-state index in [0.29, 0.717) is 12.8 Å². The number of hydrogen-bond donors (Lipinski definition) is 1. The number of ether oxygens (including phenoxy) is 2. The summed E-state index contributed by atoms with van der Waals surface area (Å²) in [5.74, 6) is 1.10. The predicted molar refractivity (Wildman–Crippen MR) is 173 cm³/mol. The van der Waals surface area contributed by atoms with Gasteiger partial charge < -0.3 is 14.6 Å². The van der Waals surface area contributed by atoms with Crippen molar-refractivity contribution < 1.29 is 24.2 Å². The molecular weight excluding hydrogens is 512 g/mol. The molecule has 5 heteroatoms. The molecule has 0 rings (SSSR count). The Kier molecular flexibility index (Phi) is 29.5. The van der Waals surface area contributed by atoms with Gasteiger partial charge in [0.25, 0.3) is 0 Å². The van der Waals surface area contributed by atoms with Crippen LogP contribution in [0.1, 0.15) is 188 Å². The number of hydrogen-bond acceptors (Lipinski definition) is 5. The minimum atomic E-state index is -0.955. The minimum absolute atomic E-state index is 0.110. The van der Waals surface area contributed by atoms with Gasteiger partial charge in [-0.25, -0.2) is 0 Å². The van der Waals surface area contributed by atoms with Gasteiger partial charge >= 0.3 is 11.9 Å². The van der Waals surface area contributed by atoms with Crippen molar-refractivity contribution in [2.75, 3.05) is 13.2 Å². The summed E-state index contributed by atoms with van der Waals surface area (Å²) in [6, 6.07) is 0. The van der Waals surface area contributed by atoms with Crippen LogP contribution in [0, 0.1) is 11.8 Å². The molecule has 0 aliphatic heterocycles. The van der Waals surface area contributed by atoms with Gasteiger partial charge in [-0.2, -0.15) is 0 Å². The third-order valence-electron chi connectivity index (χ3n) is 7.95. The number of unbranched alkanes of at least 4 members (excludes halogenated alkanes) is 19. The Morgan fingerprint density at radius 2 is 0.683 bits per heavy atom. The van der Waals surface area contributed by atoms with Crippen LogP contribution in [-0.4, -0.2) is 36.4 Å². The van der Waals surface area contributed by atoms with Crippen LogP contribution in [0.2, 0.25) is 0 Å². The zero-order valence-corrected chi connectivity index (χ0v) is 27.9. The van der Waals surface area contributed by atoms with E-state index < -0.39 is 6.10 Å². The van der Waals surface area contributed by atoms with Gasteiger partial charge in [-0.1, -0.05) is 163 Å². The van der Waals surface area contributed by atoms with Crippen molar-refractivity contribution in [1.29, 1.82) is 0 Å². The van der Waals surface area contributed by atoms with Crippen LogP contribution in [0.25, 0.3) is 0 Å². The summed E-state index contributed by atoms with van der Waals surface area (Å²) in [4.78, 5) is 23.8. The van der Waals surface area contributed by atoms with E-state index in [1.165, 1.54) is 116 Å². The van der Waals surface area contributed by atoms with E-state index in [-0.39, 0.29) is 25.2 Å². The first-order chi connectivity index (χ1) is 19.8. The fraction of sp³-hybridized carbons (Fsp3) is 0.944. The van der Waals surface area contributed by atoms with E-state index >= 15 is 0 Å². The van der Waals surface area contributed by atoms with E-state index in [1.54, 1.807) is 0 Å². The van der Waals surface area contributed by atoms with Crippen LogP contribution < -0.4 is 0 Å². The van der Waals surface area contributed by atoms with Gasteiger partial charge in [0.15, 0.2) is 0 Å². The number of aliphatic hydroxyl groups is 1. The van der Waals surface area contributed by atoms with Crippen molar-refractivity contribution >= 4 is 11.9 Å². The molecule has 0 aromatic rings. The Labute approximate surface area is 255 Å². The minimum Gasteiger partial charge on any atom is -0.463 e. The van der Waals surface area contributed by atoms with E-state index in [2.05, 4.69) is 27.7 Å². The Morgan fingerprint density at radius 1 is 0.439 bits per heavy atom. The molecule has 1 N–H and O–H groups in total. The van der Waals surface area contributed by atoms with Crippen LogP contribution in [0.15, 0.2) is 0 Å². The second-order valence-electron chi connectivity index (χ2n) is 13.3. The quantitative estimate of drug-likeness (QED) is 0.0650. The highest BCUT2D eigenvalue weighted by Gasteiger charge is 2.12. The molecule has 0 amide bonds.